The van der Waals surface area contributed by atoms with E-state index in [2.05, 4.69) is 11.9 Å². The first-order chi connectivity index (χ1) is 14.0. The Morgan fingerprint density at radius 1 is 1.24 bits per heavy atom. The number of carbonyl (C=O) groups excluding carboxylic acids is 2. The van der Waals surface area contributed by atoms with Gasteiger partial charge >= 0.3 is 5.97 Å². The fraction of sp³-hybridized carbons (Fsp3) is 0.333. The van der Waals surface area contributed by atoms with E-state index in [0.717, 1.165) is 34.6 Å². The molecule has 1 amide bonds. The summed E-state index contributed by atoms with van der Waals surface area (Å²) in [4.78, 5) is 24.8. The molecular formula is C24H25NO4. The maximum absolute atomic E-state index is 12.4. The zero-order valence-electron chi connectivity index (χ0n) is 16.6. The van der Waals surface area contributed by atoms with Crippen molar-refractivity contribution in [2.45, 2.75) is 25.7 Å². The summed E-state index contributed by atoms with van der Waals surface area (Å²) in [7, 11) is 1.61. The van der Waals surface area contributed by atoms with Crippen molar-refractivity contribution < 1.29 is 19.1 Å². The minimum absolute atomic E-state index is 0.0869. The molecule has 1 saturated heterocycles. The molecule has 2 aliphatic rings. The molecule has 0 spiro atoms. The molecule has 0 unspecified atom stereocenters. The van der Waals surface area contributed by atoms with Crippen molar-refractivity contribution in [3.8, 4) is 5.75 Å². The van der Waals surface area contributed by atoms with Gasteiger partial charge in [0.2, 0.25) is 5.91 Å². The third-order valence-electron chi connectivity index (χ3n) is 5.96. The van der Waals surface area contributed by atoms with Gasteiger partial charge in [-0.2, -0.15) is 0 Å². The fourth-order valence-corrected chi connectivity index (χ4v) is 4.51. The van der Waals surface area contributed by atoms with Crippen LogP contribution < -0.4 is 10.1 Å². The Kier molecular flexibility index (Phi) is 5.14. The highest BCUT2D eigenvalue weighted by atomic mass is 16.5. The van der Waals surface area contributed by atoms with Crippen LogP contribution in [0.3, 0.4) is 0 Å². The molecule has 2 atom stereocenters. The van der Waals surface area contributed by atoms with E-state index < -0.39 is 5.41 Å². The minimum Gasteiger partial charge on any atom is -0.497 e. The summed E-state index contributed by atoms with van der Waals surface area (Å²) < 4.78 is 10.5. The van der Waals surface area contributed by atoms with E-state index in [1.54, 1.807) is 7.11 Å². The second-order valence-electron chi connectivity index (χ2n) is 8.03. The average molecular weight is 391 g/mol. The Bertz CT molecular complexity index is 950. The van der Waals surface area contributed by atoms with E-state index in [-0.39, 0.29) is 24.2 Å². The minimum atomic E-state index is -0.464. The number of rotatable bonds is 6. The van der Waals surface area contributed by atoms with Gasteiger partial charge in [0.15, 0.2) is 0 Å². The van der Waals surface area contributed by atoms with Crippen LogP contribution in [0.5, 0.6) is 5.75 Å². The molecule has 5 nitrogen and oxygen atoms in total. The summed E-state index contributed by atoms with van der Waals surface area (Å²) in [5.74, 6) is 0.773. The highest BCUT2D eigenvalue weighted by molar-refractivity contribution is 5.92. The Labute approximate surface area is 170 Å². The number of allylic oxidation sites excluding steroid dienone is 1. The van der Waals surface area contributed by atoms with Crippen LogP contribution in [0.2, 0.25) is 0 Å². The van der Waals surface area contributed by atoms with Gasteiger partial charge in [0.25, 0.3) is 0 Å². The van der Waals surface area contributed by atoms with Crippen LogP contribution in [0.4, 0.5) is 5.69 Å². The largest absolute Gasteiger partial charge is 0.497 e. The van der Waals surface area contributed by atoms with Gasteiger partial charge in [-0.3, -0.25) is 9.59 Å². The molecule has 2 fully saturated rings. The zero-order valence-corrected chi connectivity index (χ0v) is 16.6. The lowest BCUT2D eigenvalue weighted by Gasteiger charge is -2.24. The van der Waals surface area contributed by atoms with Crippen molar-refractivity contribution in [2.24, 2.45) is 11.3 Å². The Morgan fingerprint density at radius 2 is 2.03 bits per heavy atom. The van der Waals surface area contributed by atoms with Crippen molar-refractivity contribution in [1.82, 2.24) is 0 Å². The third kappa shape index (κ3) is 3.90. The molecule has 0 bridgehead atoms. The second-order valence-corrected chi connectivity index (χ2v) is 8.03. The third-order valence-corrected chi connectivity index (χ3v) is 5.96. The van der Waals surface area contributed by atoms with E-state index in [9.17, 15) is 9.59 Å². The Hall–Kier alpha value is -3.08. The van der Waals surface area contributed by atoms with Crippen molar-refractivity contribution in [2.75, 3.05) is 19.0 Å². The van der Waals surface area contributed by atoms with Gasteiger partial charge in [-0.05, 0) is 54.7 Å². The summed E-state index contributed by atoms with van der Waals surface area (Å²) in [5.41, 5.74) is 3.36. The van der Waals surface area contributed by atoms with E-state index in [0.29, 0.717) is 19.4 Å². The highest BCUT2D eigenvalue weighted by Crippen LogP contribution is 2.52. The van der Waals surface area contributed by atoms with Gasteiger partial charge in [0.05, 0.1) is 25.6 Å². The van der Waals surface area contributed by atoms with Crippen molar-refractivity contribution >= 4 is 17.6 Å². The van der Waals surface area contributed by atoms with Crippen molar-refractivity contribution in [3.63, 3.8) is 0 Å². The van der Waals surface area contributed by atoms with Crippen LogP contribution in [0.25, 0.3) is 0 Å². The van der Waals surface area contributed by atoms with Gasteiger partial charge in [-0.25, -0.2) is 0 Å². The number of nitrogens with one attached hydrogen (secondary N) is 1. The molecular weight excluding hydrogens is 366 g/mol. The summed E-state index contributed by atoms with van der Waals surface area (Å²) in [6.45, 7) is 4.58. The molecule has 1 N–H and O–H groups in total. The standard InChI is InChI=1S/C24H25NO4/c1-16-10-19-15-29-23(27)24(19,13-16)14-17-6-8-20(9-7-17)25-22(26)12-18-4-3-5-21(11-18)28-2/h3-9,11,19H,1,10,12-15H2,2H3,(H,25,26)/t19-,24+/m1/s1. The summed E-state index contributed by atoms with van der Waals surface area (Å²) >= 11 is 0. The van der Waals surface area contributed by atoms with E-state index >= 15 is 0 Å². The monoisotopic (exact) mass is 391 g/mol. The lowest BCUT2D eigenvalue weighted by Crippen LogP contribution is -2.31. The van der Waals surface area contributed by atoms with E-state index in [4.69, 9.17) is 9.47 Å². The van der Waals surface area contributed by atoms with Crippen LogP contribution in [-0.2, 0) is 27.2 Å². The van der Waals surface area contributed by atoms with Crippen LogP contribution in [0.1, 0.15) is 24.0 Å². The molecule has 29 heavy (non-hydrogen) atoms. The van der Waals surface area contributed by atoms with E-state index in [1.165, 1.54) is 0 Å². The number of esters is 1. The predicted octanol–water partition coefficient (Wildman–Crippen LogP) is 3.93. The second kappa shape index (κ2) is 7.74. The average Bonchev–Trinajstić information content (AvgIpc) is 3.17. The van der Waals surface area contributed by atoms with Gasteiger partial charge in [0.1, 0.15) is 5.75 Å². The van der Waals surface area contributed by atoms with Crippen molar-refractivity contribution in [3.05, 3.63) is 71.8 Å². The van der Waals surface area contributed by atoms with Gasteiger partial charge in [-0.15, -0.1) is 0 Å². The first-order valence-electron chi connectivity index (χ1n) is 9.84. The number of fused-ring (bicyclic) bond motifs is 1. The highest BCUT2D eigenvalue weighted by Gasteiger charge is 2.55. The van der Waals surface area contributed by atoms with Gasteiger partial charge in [-0.1, -0.05) is 36.4 Å². The molecule has 2 aromatic carbocycles. The number of benzene rings is 2. The number of anilines is 1. The molecule has 4 rings (SSSR count). The lowest BCUT2D eigenvalue weighted by molar-refractivity contribution is -0.146. The van der Waals surface area contributed by atoms with Gasteiger partial charge < -0.3 is 14.8 Å². The van der Waals surface area contributed by atoms with E-state index in [1.807, 2.05) is 48.5 Å². The molecule has 1 saturated carbocycles. The van der Waals surface area contributed by atoms with Crippen LogP contribution in [0.15, 0.2) is 60.7 Å². The molecule has 1 heterocycles. The van der Waals surface area contributed by atoms with Crippen LogP contribution >= 0.6 is 0 Å². The number of amides is 1. The molecule has 1 aliphatic heterocycles. The normalized spacial score (nSPS) is 22.9. The first kappa shape index (κ1) is 19.2. The number of hydrogen-bond acceptors (Lipinski definition) is 4. The quantitative estimate of drug-likeness (QED) is 0.599. The molecule has 0 aromatic heterocycles. The number of ether oxygens (including phenoxy) is 2. The predicted molar refractivity (Wildman–Crippen MR) is 111 cm³/mol. The number of methoxy groups -OCH3 is 1. The summed E-state index contributed by atoms with van der Waals surface area (Å²) in [5, 5.41) is 2.92. The Morgan fingerprint density at radius 3 is 2.79 bits per heavy atom. The zero-order chi connectivity index (χ0) is 20.4. The maximum atomic E-state index is 12.4. The number of hydrogen-bond donors (Lipinski definition) is 1. The molecule has 2 aromatic rings. The van der Waals surface area contributed by atoms with Gasteiger partial charge in [0, 0.05) is 11.6 Å². The molecule has 150 valence electrons. The van der Waals surface area contributed by atoms with Crippen LogP contribution in [-0.4, -0.2) is 25.6 Å². The smallest absolute Gasteiger partial charge is 0.313 e. The van der Waals surface area contributed by atoms with Crippen molar-refractivity contribution in [1.29, 1.82) is 0 Å². The number of cyclic esters (lactones) is 1. The number of carbonyl (C=O) groups is 2. The van der Waals surface area contributed by atoms with Crippen LogP contribution in [0, 0.1) is 11.3 Å². The first-order valence-corrected chi connectivity index (χ1v) is 9.84. The maximum Gasteiger partial charge on any atom is 0.313 e. The summed E-state index contributed by atoms with van der Waals surface area (Å²) in [6.07, 6.45) is 2.49. The summed E-state index contributed by atoms with van der Waals surface area (Å²) in [6, 6.07) is 15.2. The fourth-order valence-electron chi connectivity index (χ4n) is 4.51. The lowest BCUT2D eigenvalue weighted by atomic mass is 9.75. The SMILES string of the molecule is C=C1C[C@@H]2COC(=O)[C@]2(Cc2ccc(NC(=O)Cc3cccc(OC)c3)cc2)C1. The topological polar surface area (TPSA) is 64.6 Å². The molecule has 5 heteroatoms. The molecule has 1 aliphatic carbocycles. The molecule has 0 radical (unpaired) electrons. The Balaban J connectivity index is 1.40.